The monoisotopic (exact) mass is 362 g/mol. The van der Waals surface area contributed by atoms with Crippen LogP contribution in [0.25, 0.3) is 43.9 Å². The highest BCUT2D eigenvalue weighted by Gasteiger charge is 2.12. The van der Waals surface area contributed by atoms with Crippen molar-refractivity contribution in [3.05, 3.63) is 90.9 Å². The molecule has 0 saturated heterocycles. The molecule has 134 valence electrons. The molecular weight excluding hydrogens is 342 g/mol. The minimum Gasteiger partial charge on any atom is -0.229 e. The van der Waals surface area contributed by atoms with Gasteiger partial charge in [-0.25, -0.2) is 4.57 Å². The molecule has 0 N–H and O–H groups in total. The maximum Gasteiger partial charge on any atom is 0.314 e. The first-order valence-corrected chi connectivity index (χ1v) is 9.40. The van der Waals surface area contributed by atoms with Crippen molar-refractivity contribution >= 4 is 21.5 Å². The van der Waals surface area contributed by atoms with Gasteiger partial charge in [0.25, 0.3) is 0 Å². The Labute approximate surface area is 163 Å². The summed E-state index contributed by atoms with van der Waals surface area (Å²) in [6.07, 6.45) is 3.56. The summed E-state index contributed by atoms with van der Waals surface area (Å²) in [5, 5.41) is 13.1. The third-order valence-electron chi connectivity index (χ3n) is 5.44. The Morgan fingerprint density at radius 3 is 2.36 bits per heavy atom. The lowest BCUT2D eigenvalue weighted by Gasteiger charge is -2.10. The van der Waals surface area contributed by atoms with E-state index in [1.165, 1.54) is 43.8 Å². The minimum atomic E-state index is 1.06. The lowest BCUT2D eigenvalue weighted by atomic mass is 9.95. The van der Waals surface area contributed by atoms with Crippen molar-refractivity contribution in [3.8, 4) is 22.4 Å². The molecule has 0 saturated carbocycles. The highest BCUT2D eigenvalue weighted by molar-refractivity contribution is 6.08. The van der Waals surface area contributed by atoms with Crippen LogP contribution in [0.15, 0.2) is 85.3 Å². The van der Waals surface area contributed by atoms with Crippen molar-refractivity contribution in [1.82, 2.24) is 10.2 Å². The van der Waals surface area contributed by atoms with Gasteiger partial charge in [-0.15, -0.1) is 0 Å². The first kappa shape index (κ1) is 16.6. The molecule has 3 heteroatoms. The van der Waals surface area contributed by atoms with E-state index in [0.717, 1.165) is 5.69 Å². The molecule has 0 aliphatic carbocycles. The molecule has 0 aliphatic heterocycles. The van der Waals surface area contributed by atoms with Crippen molar-refractivity contribution in [2.75, 3.05) is 0 Å². The number of rotatable bonds is 2. The average Bonchev–Trinajstić information content (AvgIpc) is 2.74. The fourth-order valence-electron chi connectivity index (χ4n) is 3.88. The Bertz CT molecular complexity index is 1340. The number of benzene rings is 4. The van der Waals surface area contributed by atoms with Gasteiger partial charge in [-0.3, -0.25) is 0 Å². The van der Waals surface area contributed by atoms with E-state index in [1.807, 2.05) is 17.8 Å². The van der Waals surface area contributed by atoms with Gasteiger partial charge in [0.1, 0.15) is 6.20 Å². The fraction of sp³-hybridized carbons (Fsp3) is 0.0800. The zero-order valence-corrected chi connectivity index (χ0v) is 15.9. The van der Waals surface area contributed by atoms with Crippen LogP contribution >= 0.6 is 0 Å². The molecule has 0 bridgehead atoms. The van der Waals surface area contributed by atoms with Crippen LogP contribution in [-0.2, 0) is 7.05 Å². The van der Waals surface area contributed by atoms with Crippen LogP contribution in [0.2, 0.25) is 0 Å². The molecule has 5 rings (SSSR count). The third kappa shape index (κ3) is 2.72. The van der Waals surface area contributed by atoms with Crippen LogP contribution < -0.4 is 4.57 Å². The molecular formula is C25H20N3+. The lowest BCUT2D eigenvalue weighted by Crippen LogP contribution is -2.31. The molecule has 0 amide bonds. The average molecular weight is 362 g/mol. The molecule has 0 spiro atoms. The van der Waals surface area contributed by atoms with Crippen molar-refractivity contribution in [2.24, 2.45) is 7.05 Å². The first-order valence-electron chi connectivity index (χ1n) is 9.40. The summed E-state index contributed by atoms with van der Waals surface area (Å²) in [4.78, 5) is 0. The summed E-state index contributed by atoms with van der Waals surface area (Å²) in [6, 6.07) is 26.3. The van der Waals surface area contributed by atoms with Crippen LogP contribution in [-0.4, -0.2) is 10.2 Å². The predicted molar refractivity (Wildman–Crippen MR) is 114 cm³/mol. The summed E-state index contributed by atoms with van der Waals surface area (Å²) >= 11 is 0. The van der Waals surface area contributed by atoms with Crippen LogP contribution in [0.4, 0.5) is 0 Å². The molecule has 1 heterocycles. The highest BCUT2D eigenvalue weighted by atomic mass is 15.2. The number of hydrogen-bond donors (Lipinski definition) is 0. The largest absolute Gasteiger partial charge is 0.314 e. The lowest BCUT2D eigenvalue weighted by molar-refractivity contribution is -0.664. The fourth-order valence-corrected chi connectivity index (χ4v) is 3.88. The first-order chi connectivity index (χ1) is 13.7. The molecule has 0 unspecified atom stereocenters. The molecule has 4 aromatic carbocycles. The number of aromatic nitrogens is 3. The normalized spacial score (nSPS) is 11.2. The maximum absolute atomic E-state index is 4.06. The number of nitrogens with zero attached hydrogens (tertiary/aromatic N) is 3. The topological polar surface area (TPSA) is 29.7 Å². The van der Waals surface area contributed by atoms with Crippen LogP contribution in [0.1, 0.15) is 5.56 Å². The van der Waals surface area contributed by atoms with Gasteiger partial charge >= 0.3 is 6.33 Å². The van der Waals surface area contributed by atoms with E-state index in [-0.39, 0.29) is 0 Å². The Morgan fingerprint density at radius 2 is 1.46 bits per heavy atom. The Balaban J connectivity index is 1.67. The second-order valence-corrected chi connectivity index (χ2v) is 7.22. The van der Waals surface area contributed by atoms with Gasteiger partial charge in [-0.05, 0) is 62.4 Å². The van der Waals surface area contributed by atoms with Crippen LogP contribution in [0.5, 0.6) is 0 Å². The van der Waals surface area contributed by atoms with Crippen molar-refractivity contribution < 1.29 is 4.57 Å². The predicted octanol–water partition coefficient (Wildman–Crippen LogP) is 5.25. The Kier molecular flexibility index (Phi) is 3.87. The molecule has 0 radical (unpaired) electrons. The van der Waals surface area contributed by atoms with Crippen LogP contribution in [0.3, 0.4) is 0 Å². The van der Waals surface area contributed by atoms with Crippen molar-refractivity contribution in [3.63, 3.8) is 0 Å². The van der Waals surface area contributed by atoms with Gasteiger partial charge < -0.3 is 0 Å². The number of hydrogen-bond acceptors (Lipinski definition) is 2. The number of aryl methyl sites for hydroxylation is 2. The molecule has 28 heavy (non-hydrogen) atoms. The minimum absolute atomic E-state index is 1.06. The zero-order valence-electron chi connectivity index (χ0n) is 15.9. The van der Waals surface area contributed by atoms with E-state index in [2.05, 4.69) is 89.9 Å². The summed E-state index contributed by atoms with van der Waals surface area (Å²) in [6.45, 7) is 2.13. The molecule has 0 fully saturated rings. The quantitative estimate of drug-likeness (QED) is 0.317. The standard InChI is InChI=1S/C25H20N3/c1-17-7-8-20(14-24(17)25-15-26-27-16-28(25)2)19-11-12-23-21(13-19)10-9-18-5-3-4-6-22(18)23/h3-16H,1-2H3/q+1. The molecule has 3 nitrogen and oxygen atoms in total. The second kappa shape index (κ2) is 6.54. The highest BCUT2D eigenvalue weighted by Crippen LogP contribution is 2.32. The van der Waals surface area contributed by atoms with E-state index in [1.54, 1.807) is 6.33 Å². The molecule has 0 atom stereocenters. The van der Waals surface area contributed by atoms with Gasteiger partial charge in [-0.2, -0.15) is 0 Å². The van der Waals surface area contributed by atoms with Crippen LogP contribution in [0, 0.1) is 6.92 Å². The van der Waals surface area contributed by atoms with E-state index in [9.17, 15) is 0 Å². The SMILES string of the molecule is Cc1ccc(-c2ccc3c(ccc4ccccc43)c2)cc1-c1cnnc[n+]1C. The summed E-state index contributed by atoms with van der Waals surface area (Å²) in [7, 11) is 2.00. The van der Waals surface area contributed by atoms with Gasteiger partial charge in [0.05, 0.1) is 12.1 Å². The second-order valence-electron chi connectivity index (χ2n) is 7.22. The van der Waals surface area contributed by atoms with Gasteiger partial charge in [0.2, 0.25) is 0 Å². The summed E-state index contributed by atoms with van der Waals surface area (Å²) in [5.41, 5.74) is 5.87. The number of fused-ring (bicyclic) bond motifs is 3. The molecule has 5 aromatic rings. The molecule has 1 aromatic heterocycles. The smallest absolute Gasteiger partial charge is 0.229 e. The summed E-state index contributed by atoms with van der Waals surface area (Å²) in [5.74, 6) is 0. The van der Waals surface area contributed by atoms with Crippen molar-refractivity contribution in [2.45, 2.75) is 6.92 Å². The van der Waals surface area contributed by atoms with Crippen molar-refractivity contribution in [1.29, 1.82) is 0 Å². The van der Waals surface area contributed by atoms with Gasteiger partial charge in [-0.1, -0.05) is 60.7 Å². The van der Waals surface area contributed by atoms with E-state index in [4.69, 9.17) is 0 Å². The summed E-state index contributed by atoms with van der Waals surface area (Å²) < 4.78 is 2.01. The zero-order chi connectivity index (χ0) is 19.1. The maximum atomic E-state index is 4.06. The third-order valence-corrected chi connectivity index (χ3v) is 5.44. The van der Waals surface area contributed by atoms with Gasteiger partial charge in [0.15, 0.2) is 5.69 Å². The Hall–Kier alpha value is -3.59. The van der Waals surface area contributed by atoms with E-state index in [0.29, 0.717) is 0 Å². The van der Waals surface area contributed by atoms with E-state index < -0.39 is 0 Å². The van der Waals surface area contributed by atoms with E-state index >= 15 is 0 Å². The van der Waals surface area contributed by atoms with Gasteiger partial charge in [0, 0.05) is 5.56 Å². The Morgan fingerprint density at radius 1 is 0.714 bits per heavy atom. The molecule has 0 aliphatic rings.